The van der Waals surface area contributed by atoms with E-state index < -0.39 is 0 Å². The van der Waals surface area contributed by atoms with Crippen molar-refractivity contribution in [3.63, 3.8) is 0 Å². The molecule has 0 aromatic carbocycles. The van der Waals surface area contributed by atoms with Crippen LogP contribution in [0.1, 0.15) is 39.5 Å². The second-order valence-electron chi connectivity index (χ2n) is 1.86. The average molecular weight is 152 g/mol. The first-order valence-corrected chi connectivity index (χ1v) is 3.45. The summed E-state index contributed by atoms with van der Waals surface area (Å²) in [6, 6.07) is 0. The van der Waals surface area contributed by atoms with Gasteiger partial charge in [0.05, 0.1) is 0 Å². The third kappa shape index (κ3) is 24.9. The summed E-state index contributed by atoms with van der Waals surface area (Å²) >= 11 is 0. The minimum absolute atomic E-state index is 1.36. The van der Waals surface area contributed by atoms with Gasteiger partial charge in [-0.2, -0.15) is 0 Å². The van der Waals surface area contributed by atoms with Crippen LogP contribution < -0.4 is 0 Å². The van der Waals surface area contributed by atoms with Crippen molar-refractivity contribution < 1.29 is 20.6 Å². The topological polar surface area (TPSA) is 58.9 Å². The standard InChI is InChI=1S/C6H14.H2O4/c1-3-5-6-4-2;1-3-4-2/h3-6H2,1-2H3;1-2H. The number of hydrogen-bond acceptors (Lipinski definition) is 4. The highest BCUT2D eigenvalue weighted by Gasteiger charge is 1.75. The first kappa shape index (κ1) is 12.5. The zero-order chi connectivity index (χ0) is 8.24. The molecule has 10 heavy (non-hydrogen) atoms. The lowest BCUT2D eigenvalue weighted by atomic mass is 10.2. The van der Waals surface area contributed by atoms with Crippen molar-refractivity contribution in [3.8, 4) is 0 Å². The van der Waals surface area contributed by atoms with E-state index in [0.29, 0.717) is 0 Å². The molecule has 4 nitrogen and oxygen atoms in total. The Morgan fingerprint density at radius 1 is 0.900 bits per heavy atom. The second-order valence-corrected chi connectivity index (χ2v) is 1.86. The van der Waals surface area contributed by atoms with Crippen LogP contribution in [0.15, 0.2) is 0 Å². The van der Waals surface area contributed by atoms with E-state index in [4.69, 9.17) is 10.5 Å². The molecule has 0 saturated heterocycles. The molecule has 0 aromatic heterocycles. The quantitative estimate of drug-likeness (QED) is 0.369. The number of rotatable bonds is 4. The summed E-state index contributed by atoms with van der Waals surface area (Å²) in [7, 11) is 0. The Hall–Kier alpha value is -0.160. The van der Waals surface area contributed by atoms with Crippen molar-refractivity contribution >= 4 is 0 Å². The van der Waals surface area contributed by atoms with Gasteiger partial charge < -0.3 is 0 Å². The van der Waals surface area contributed by atoms with Crippen molar-refractivity contribution in [1.29, 1.82) is 0 Å². The van der Waals surface area contributed by atoms with Gasteiger partial charge in [-0.05, 0) is 10.1 Å². The molecule has 0 aromatic rings. The summed E-state index contributed by atoms with van der Waals surface area (Å²) in [6.07, 6.45) is 5.54. The molecule has 0 bridgehead atoms. The summed E-state index contributed by atoms with van der Waals surface area (Å²) in [4.78, 5) is 0. The van der Waals surface area contributed by atoms with Gasteiger partial charge >= 0.3 is 0 Å². The van der Waals surface area contributed by atoms with Gasteiger partial charge in [0, 0.05) is 0 Å². The van der Waals surface area contributed by atoms with Gasteiger partial charge in [0.25, 0.3) is 0 Å². The maximum Gasteiger partial charge on any atom is -0.0395 e. The molecule has 0 amide bonds. The van der Waals surface area contributed by atoms with Crippen LogP contribution in [0, 0.1) is 0 Å². The zero-order valence-corrected chi connectivity index (χ0v) is 6.54. The Labute approximate surface area is 61.2 Å². The van der Waals surface area contributed by atoms with Crippen molar-refractivity contribution in [3.05, 3.63) is 0 Å². The third-order valence-electron chi connectivity index (χ3n) is 0.990. The van der Waals surface area contributed by atoms with Gasteiger partial charge in [-0.1, -0.05) is 39.5 Å². The second kappa shape index (κ2) is 15.9. The van der Waals surface area contributed by atoms with E-state index in [0.717, 1.165) is 0 Å². The average Bonchev–Trinajstić information content (AvgIpc) is 2.01. The third-order valence-corrected chi connectivity index (χ3v) is 0.990. The fraction of sp³-hybridized carbons (Fsp3) is 1.00. The van der Waals surface area contributed by atoms with Crippen molar-refractivity contribution in [2.24, 2.45) is 0 Å². The Balaban J connectivity index is 0. The van der Waals surface area contributed by atoms with Crippen molar-refractivity contribution in [1.82, 2.24) is 0 Å². The van der Waals surface area contributed by atoms with Crippen LogP contribution in [0.4, 0.5) is 0 Å². The largest absolute Gasteiger partial charge is 0.219 e. The van der Waals surface area contributed by atoms with Crippen LogP contribution >= 0.6 is 0 Å². The van der Waals surface area contributed by atoms with Crippen molar-refractivity contribution in [2.75, 3.05) is 0 Å². The summed E-state index contributed by atoms with van der Waals surface area (Å²) < 4.78 is 0. The Kier molecular flexibility index (Phi) is 19.9. The van der Waals surface area contributed by atoms with Crippen LogP contribution in [0.3, 0.4) is 0 Å². The molecule has 0 unspecified atom stereocenters. The Bertz CT molecular complexity index is 34.7. The number of unbranched alkanes of at least 4 members (excludes halogenated alkanes) is 3. The Morgan fingerprint density at radius 3 is 1.30 bits per heavy atom. The maximum atomic E-state index is 6.90. The summed E-state index contributed by atoms with van der Waals surface area (Å²) in [5, 5.41) is 19.0. The summed E-state index contributed by atoms with van der Waals surface area (Å²) in [6.45, 7) is 4.46. The predicted molar refractivity (Wildman–Crippen MR) is 37.2 cm³/mol. The minimum Gasteiger partial charge on any atom is -0.219 e. The fourth-order valence-electron chi connectivity index (χ4n) is 0.500. The van der Waals surface area contributed by atoms with E-state index in [1.54, 1.807) is 0 Å². The smallest absolute Gasteiger partial charge is 0.0395 e. The fourth-order valence-corrected chi connectivity index (χ4v) is 0.500. The normalized spacial score (nSPS) is 8.40. The minimum atomic E-state index is 1.36. The van der Waals surface area contributed by atoms with Crippen LogP contribution in [0.25, 0.3) is 0 Å². The first-order valence-electron chi connectivity index (χ1n) is 3.45. The van der Waals surface area contributed by atoms with Gasteiger partial charge in [-0.25, -0.2) is 10.5 Å². The van der Waals surface area contributed by atoms with E-state index in [-0.39, 0.29) is 0 Å². The molecule has 64 valence electrons. The highest BCUT2D eigenvalue weighted by molar-refractivity contribution is 4.31. The zero-order valence-electron chi connectivity index (χ0n) is 6.54. The van der Waals surface area contributed by atoms with Crippen molar-refractivity contribution in [2.45, 2.75) is 39.5 Å². The van der Waals surface area contributed by atoms with E-state index in [1.807, 2.05) is 0 Å². The first-order chi connectivity index (χ1) is 4.83. The molecular weight excluding hydrogens is 136 g/mol. The molecule has 0 saturated carbocycles. The molecule has 2 N–H and O–H groups in total. The van der Waals surface area contributed by atoms with Crippen LogP contribution in [0.2, 0.25) is 0 Å². The van der Waals surface area contributed by atoms with Gasteiger partial charge in [0.15, 0.2) is 0 Å². The van der Waals surface area contributed by atoms with E-state index in [1.165, 1.54) is 25.7 Å². The molecule has 0 aliphatic carbocycles. The van der Waals surface area contributed by atoms with Crippen LogP contribution in [-0.4, -0.2) is 10.5 Å². The van der Waals surface area contributed by atoms with E-state index in [9.17, 15) is 0 Å². The van der Waals surface area contributed by atoms with Gasteiger partial charge in [0.2, 0.25) is 0 Å². The Morgan fingerprint density at radius 2 is 1.20 bits per heavy atom. The lowest BCUT2D eigenvalue weighted by molar-refractivity contribution is -0.611. The lowest BCUT2D eigenvalue weighted by Crippen LogP contribution is -1.75. The van der Waals surface area contributed by atoms with Crippen LogP contribution in [-0.2, 0) is 10.1 Å². The SMILES string of the molecule is CCCCCC.OOOO. The highest BCUT2D eigenvalue weighted by Crippen LogP contribution is 1.95. The molecule has 0 aliphatic heterocycles. The summed E-state index contributed by atoms with van der Waals surface area (Å²) in [5.74, 6) is 0. The lowest BCUT2D eigenvalue weighted by Gasteiger charge is -1.86. The molecular formula is C6H16O4. The summed E-state index contributed by atoms with van der Waals surface area (Å²) in [5.41, 5.74) is 0. The predicted octanol–water partition coefficient (Wildman–Crippen LogP) is 2.47. The molecule has 0 spiro atoms. The van der Waals surface area contributed by atoms with Gasteiger partial charge in [0.1, 0.15) is 0 Å². The molecule has 0 atom stereocenters. The van der Waals surface area contributed by atoms with Gasteiger partial charge in [-0.3, -0.25) is 0 Å². The molecule has 0 aliphatic rings. The number of hydrogen-bond donors (Lipinski definition) is 2. The molecule has 0 rings (SSSR count). The van der Waals surface area contributed by atoms with Gasteiger partial charge in [-0.15, -0.1) is 0 Å². The highest BCUT2D eigenvalue weighted by atomic mass is 17.6. The van der Waals surface area contributed by atoms with Crippen LogP contribution in [0.5, 0.6) is 0 Å². The monoisotopic (exact) mass is 152 g/mol. The molecule has 0 heterocycles. The maximum absolute atomic E-state index is 6.90. The van der Waals surface area contributed by atoms with E-state index in [2.05, 4.69) is 23.9 Å². The molecule has 0 radical (unpaired) electrons. The van der Waals surface area contributed by atoms with E-state index >= 15 is 0 Å². The molecule has 4 heteroatoms. The molecule has 0 fully saturated rings.